The molecule has 38 heavy (non-hydrogen) atoms. The molecule has 1 atom stereocenters. The molecule has 0 radical (unpaired) electrons. The van der Waals surface area contributed by atoms with Crippen LogP contribution in [0.25, 0.3) is 11.1 Å². The molecule has 7 rings (SSSR count). The Labute approximate surface area is 220 Å². The molecule has 0 aliphatic carbocycles. The number of aromatic amines is 1. The van der Waals surface area contributed by atoms with E-state index in [1.54, 1.807) is 4.90 Å². The maximum absolute atomic E-state index is 13.2. The van der Waals surface area contributed by atoms with Crippen molar-refractivity contribution in [2.45, 2.75) is 50.2 Å². The fourth-order valence-corrected chi connectivity index (χ4v) is 6.51. The Morgan fingerprint density at radius 3 is 2.58 bits per heavy atom. The zero-order chi connectivity index (χ0) is 25.9. The van der Waals surface area contributed by atoms with Crippen LogP contribution in [-0.2, 0) is 28.1 Å². The van der Waals surface area contributed by atoms with Crippen molar-refractivity contribution < 1.29 is 19.1 Å². The number of amides is 3. The number of likely N-dealkylation sites (tertiary alicyclic amines) is 1. The summed E-state index contributed by atoms with van der Waals surface area (Å²) in [5.41, 5.74) is 6.18. The number of imide groups is 1. The van der Waals surface area contributed by atoms with Crippen LogP contribution in [0.2, 0.25) is 0 Å². The van der Waals surface area contributed by atoms with Crippen molar-refractivity contribution in [3.63, 3.8) is 0 Å². The summed E-state index contributed by atoms with van der Waals surface area (Å²) in [6, 6.07) is 12.0. The van der Waals surface area contributed by atoms with E-state index in [4.69, 9.17) is 4.74 Å². The van der Waals surface area contributed by atoms with Gasteiger partial charge in [0.05, 0.1) is 19.3 Å². The molecule has 2 N–H and O–H groups in total. The van der Waals surface area contributed by atoms with E-state index < -0.39 is 6.04 Å². The van der Waals surface area contributed by atoms with Crippen molar-refractivity contribution in [3.05, 3.63) is 71.0 Å². The van der Waals surface area contributed by atoms with Crippen molar-refractivity contribution in [3.8, 4) is 16.9 Å². The number of hydrogen-bond donors (Lipinski definition) is 2. The monoisotopic (exact) mass is 511 g/mol. The van der Waals surface area contributed by atoms with Crippen LogP contribution >= 0.6 is 0 Å². The number of carbonyl (C=O) groups is 3. The average Bonchev–Trinajstić information content (AvgIpc) is 3.66. The van der Waals surface area contributed by atoms with E-state index in [2.05, 4.69) is 50.7 Å². The SMILES string of the molecule is O=C1CCC(N2Cc3c(ccc4c3OCC43CCN(Cc4ccc(-c5cn[nH]c5)cc4)CC3)C2=O)C(=O)N1. The largest absolute Gasteiger partial charge is 0.492 e. The van der Waals surface area contributed by atoms with Crippen molar-refractivity contribution >= 4 is 17.7 Å². The third kappa shape index (κ3) is 3.72. The van der Waals surface area contributed by atoms with Gasteiger partial charge in [0.15, 0.2) is 0 Å². The van der Waals surface area contributed by atoms with Crippen LogP contribution in [0.3, 0.4) is 0 Å². The molecule has 194 valence electrons. The fourth-order valence-electron chi connectivity index (χ4n) is 6.51. The van der Waals surface area contributed by atoms with Gasteiger partial charge in [0, 0.05) is 46.8 Å². The lowest BCUT2D eigenvalue weighted by Gasteiger charge is -2.38. The van der Waals surface area contributed by atoms with Crippen LogP contribution in [0.5, 0.6) is 5.75 Å². The summed E-state index contributed by atoms with van der Waals surface area (Å²) in [5.74, 6) is 0.00325. The van der Waals surface area contributed by atoms with Gasteiger partial charge in [-0.3, -0.25) is 29.7 Å². The summed E-state index contributed by atoms with van der Waals surface area (Å²) in [6.45, 7) is 3.84. The van der Waals surface area contributed by atoms with E-state index in [0.717, 1.165) is 54.9 Å². The number of nitrogens with one attached hydrogen (secondary N) is 2. The summed E-state index contributed by atoms with van der Waals surface area (Å²) in [6.07, 6.45) is 6.34. The standard InChI is InChI=1S/C29H29N5O4/c35-25-8-7-24(27(36)32-25)34-16-22-21(28(34)37)5-6-23-26(22)38-17-29(23)9-11-33(12-10-29)15-18-1-3-19(4-2-18)20-13-30-31-14-20/h1-6,13-14,24H,7-12,15-17H2,(H,30,31)(H,32,35,36). The van der Waals surface area contributed by atoms with Gasteiger partial charge in [-0.2, -0.15) is 5.10 Å². The molecule has 4 aliphatic rings. The Kier molecular flexibility index (Phi) is 5.36. The third-order valence-electron chi connectivity index (χ3n) is 8.74. The van der Waals surface area contributed by atoms with Crippen LogP contribution in [0.4, 0.5) is 0 Å². The summed E-state index contributed by atoms with van der Waals surface area (Å²) < 4.78 is 6.30. The van der Waals surface area contributed by atoms with E-state index in [9.17, 15) is 14.4 Å². The highest BCUT2D eigenvalue weighted by Crippen LogP contribution is 2.49. The molecule has 9 heteroatoms. The Hall–Kier alpha value is -3.98. The summed E-state index contributed by atoms with van der Waals surface area (Å²) in [4.78, 5) is 41.3. The van der Waals surface area contributed by atoms with Crippen LogP contribution in [0.1, 0.15) is 52.7 Å². The molecule has 9 nitrogen and oxygen atoms in total. The van der Waals surface area contributed by atoms with E-state index in [0.29, 0.717) is 25.1 Å². The lowest BCUT2D eigenvalue weighted by molar-refractivity contribution is -0.136. The molecular formula is C29H29N5O4. The van der Waals surface area contributed by atoms with Crippen LogP contribution < -0.4 is 10.1 Å². The van der Waals surface area contributed by atoms with Gasteiger partial charge in [0.1, 0.15) is 11.8 Å². The second kappa shape index (κ2) is 8.80. The molecule has 2 aromatic carbocycles. The second-order valence-electron chi connectivity index (χ2n) is 10.9. The van der Waals surface area contributed by atoms with Gasteiger partial charge in [-0.1, -0.05) is 30.3 Å². The minimum absolute atomic E-state index is 0.0445. The maximum Gasteiger partial charge on any atom is 0.255 e. The molecule has 1 spiro atoms. The van der Waals surface area contributed by atoms with Gasteiger partial charge in [0.2, 0.25) is 11.8 Å². The van der Waals surface area contributed by atoms with E-state index >= 15 is 0 Å². The smallest absolute Gasteiger partial charge is 0.255 e. The summed E-state index contributed by atoms with van der Waals surface area (Å²) in [7, 11) is 0. The first-order valence-electron chi connectivity index (χ1n) is 13.3. The minimum atomic E-state index is -0.615. The highest BCUT2D eigenvalue weighted by molar-refractivity contribution is 6.05. The summed E-state index contributed by atoms with van der Waals surface area (Å²) in [5, 5.41) is 9.26. The van der Waals surface area contributed by atoms with Crippen LogP contribution in [-0.4, -0.2) is 63.5 Å². The number of carbonyl (C=O) groups excluding carboxylic acids is 3. The number of H-pyrrole nitrogens is 1. The molecule has 0 bridgehead atoms. The fraction of sp³-hybridized carbons (Fsp3) is 0.379. The topological polar surface area (TPSA) is 108 Å². The number of nitrogens with zero attached hydrogens (tertiary/aromatic N) is 3. The summed E-state index contributed by atoms with van der Waals surface area (Å²) >= 11 is 0. The normalized spacial score (nSPS) is 22.4. The van der Waals surface area contributed by atoms with Gasteiger partial charge in [-0.15, -0.1) is 0 Å². The molecule has 3 amide bonds. The predicted molar refractivity (Wildman–Crippen MR) is 138 cm³/mol. The number of fused-ring (bicyclic) bond motifs is 4. The first-order valence-corrected chi connectivity index (χ1v) is 13.3. The minimum Gasteiger partial charge on any atom is -0.492 e. The van der Waals surface area contributed by atoms with Crippen molar-refractivity contribution in [1.29, 1.82) is 0 Å². The predicted octanol–water partition coefficient (Wildman–Crippen LogP) is 2.76. The third-order valence-corrected chi connectivity index (χ3v) is 8.74. The lowest BCUT2D eigenvalue weighted by atomic mass is 9.74. The van der Waals surface area contributed by atoms with Gasteiger partial charge >= 0.3 is 0 Å². The van der Waals surface area contributed by atoms with Gasteiger partial charge in [0.25, 0.3) is 5.91 Å². The van der Waals surface area contributed by atoms with Gasteiger partial charge in [-0.25, -0.2) is 0 Å². The zero-order valence-electron chi connectivity index (χ0n) is 21.0. The Morgan fingerprint density at radius 2 is 1.84 bits per heavy atom. The van der Waals surface area contributed by atoms with E-state index in [1.807, 2.05) is 18.5 Å². The molecule has 1 aromatic heterocycles. The maximum atomic E-state index is 13.2. The molecule has 1 unspecified atom stereocenters. The van der Waals surface area contributed by atoms with Crippen molar-refractivity contribution in [2.75, 3.05) is 19.7 Å². The molecular weight excluding hydrogens is 482 g/mol. The Balaban J connectivity index is 1.04. The molecule has 3 aromatic rings. The van der Waals surface area contributed by atoms with Crippen molar-refractivity contribution in [1.82, 2.24) is 25.3 Å². The first kappa shape index (κ1) is 23.2. The number of aromatic nitrogens is 2. The van der Waals surface area contributed by atoms with E-state index in [1.165, 1.54) is 11.1 Å². The number of piperidine rings is 2. The van der Waals surface area contributed by atoms with Crippen LogP contribution in [0, 0.1) is 0 Å². The van der Waals surface area contributed by atoms with E-state index in [-0.39, 0.29) is 29.6 Å². The number of benzene rings is 2. The lowest BCUT2D eigenvalue weighted by Crippen LogP contribution is -2.52. The first-order chi connectivity index (χ1) is 18.5. The number of ether oxygens (including phenoxy) is 1. The highest BCUT2D eigenvalue weighted by Gasteiger charge is 2.47. The number of hydrogen-bond acceptors (Lipinski definition) is 6. The molecule has 0 saturated carbocycles. The van der Waals surface area contributed by atoms with Gasteiger partial charge in [-0.05, 0) is 49.5 Å². The van der Waals surface area contributed by atoms with Crippen LogP contribution in [0.15, 0.2) is 48.8 Å². The van der Waals surface area contributed by atoms with Gasteiger partial charge < -0.3 is 9.64 Å². The quantitative estimate of drug-likeness (QED) is 0.522. The molecule has 2 saturated heterocycles. The van der Waals surface area contributed by atoms with Crippen molar-refractivity contribution in [2.24, 2.45) is 0 Å². The average molecular weight is 512 g/mol. The molecule has 4 aliphatic heterocycles. The molecule has 5 heterocycles. The Morgan fingerprint density at radius 1 is 1.03 bits per heavy atom. The number of rotatable bonds is 4. The second-order valence-corrected chi connectivity index (χ2v) is 10.9. The highest BCUT2D eigenvalue weighted by atomic mass is 16.5. The zero-order valence-corrected chi connectivity index (χ0v) is 21.0. The Bertz CT molecular complexity index is 1420. The molecule has 2 fully saturated rings.